The van der Waals surface area contributed by atoms with Gasteiger partial charge in [0, 0.05) is 22.2 Å². The lowest BCUT2D eigenvalue weighted by molar-refractivity contribution is -0.141. The lowest BCUT2D eigenvalue weighted by atomic mass is 10.1. The number of carbonyl (C=O) groups excluding carboxylic acids is 2. The number of fused-ring (bicyclic) bond motifs is 1. The first-order valence-electron chi connectivity index (χ1n) is 9.54. The second-order valence-corrected chi connectivity index (χ2v) is 7.68. The molecule has 0 spiro atoms. The fourth-order valence-electron chi connectivity index (χ4n) is 2.91. The second kappa shape index (κ2) is 9.22. The third kappa shape index (κ3) is 4.76. The summed E-state index contributed by atoms with van der Waals surface area (Å²) in [6, 6.07) is 4.82. The molecule has 0 aliphatic heterocycles. The van der Waals surface area contributed by atoms with E-state index in [0.29, 0.717) is 0 Å². The van der Waals surface area contributed by atoms with Crippen molar-refractivity contribution < 1.29 is 31.9 Å². The van der Waals surface area contributed by atoms with Crippen molar-refractivity contribution in [1.82, 2.24) is 15.3 Å². The minimum atomic E-state index is -4.67. The van der Waals surface area contributed by atoms with Crippen LogP contribution in [0.1, 0.15) is 35.8 Å². The summed E-state index contributed by atoms with van der Waals surface area (Å²) in [5.41, 5.74) is 4.27. The lowest BCUT2D eigenvalue weighted by Gasteiger charge is -2.11. The number of aromatic nitrogens is 2. The molecule has 1 aromatic carbocycles. The largest absolute Gasteiger partial charge is 0.494 e. The van der Waals surface area contributed by atoms with Crippen LogP contribution < -0.4 is 15.8 Å². The predicted octanol–water partition coefficient (Wildman–Crippen LogP) is 3.63. The van der Waals surface area contributed by atoms with E-state index in [0.717, 1.165) is 6.07 Å². The van der Waals surface area contributed by atoms with Gasteiger partial charge in [0.1, 0.15) is 17.0 Å². The fraction of sp³-hybridized carbons (Fsp3) is 0.190. The van der Waals surface area contributed by atoms with E-state index >= 15 is 0 Å². The number of nitrogens with zero attached hydrogens (tertiary/aromatic N) is 2. The molecule has 2 amide bonds. The zero-order chi connectivity index (χ0) is 25.4. The van der Waals surface area contributed by atoms with E-state index < -0.39 is 23.7 Å². The average molecular weight is 493 g/mol. The molecule has 0 bridgehead atoms. The Morgan fingerprint density at radius 2 is 1.85 bits per heavy atom. The molecule has 2 heterocycles. The van der Waals surface area contributed by atoms with Crippen LogP contribution in [-0.4, -0.2) is 34.3 Å². The van der Waals surface area contributed by atoms with Crippen LogP contribution in [-0.2, 0) is 11.0 Å². The van der Waals surface area contributed by atoms with Crippen molar-refractivity contribution in [3.8, 4) is 17.2 Å². The molecule has 1 atom stereocenters. The number of methoxy groups -OCH3 is 1. The Kier molecular flexibility index (Phi) is 6.74. The van der Waals surface area contributed by atoms with Gasteiger partial charge < -0.3 is 14.9 Å². The number of ether oxygens (including phenoxy) is 1. The van der Waals surface area contributed by atoms with Gasteiger partial charge in [0.05, 0.1) is 12.6 Å². The van der Waals surface area contributed by atoms with Crippen molar-refractivity contribution in [2.24, 2.45) is 5.73 Å². The molecular weight excluding hydrogens is 474 g/mol. The van der Waals surface area contributed by atoms with Crippen LogP contribution in [0.4, 0.5) is 13.2 Å². The van der Waals surface area contributed by atoms with E-state index in [-0.39, 0.29) is 56.3 Å². The number of nitrogens with one attached hydrogen (secondary N) is 2. The first kappa shape index (κ1) is 24.8. The molecular formula is C21H19F3N5O4P. The minimum Gasteiger partial charge on any atom is -0.494 e. The summed E-state index contributed by atoms with van der Waals surface area (Å²) < 4.78 is 50.3. The maximum atomic E-state index is 13.2. The summed E-state index contributed by atoms with van der Waals surface area (Å²) in [4.78, 5) is 32.7. The van der Waals surface area contributed by atoms with Gasteiger partial charge in [0.25, 0.3) is 11.8 Å². The van der Waals surface area contributed by atoms with Crippen LogP contribution in [0.3, 0.4) is 0 Å². The quantitative estimate of drug-likeness (QED) is 0.280. The van der Waals surface area contributed by atoms with Crippen LogP contribution in [0.25, 0.3) is 22.4 Å². The number of halogens is 3. The molecule has 3 aromatic rings. The molecule has 0 saturated heterocycles. The van der Waals surface area contributed by atoms with Crippen molar-refractivity contribution in [1.29, 1.82) is 5.41 Å². The Labute approximate surface area is 193 Å². The smallest absolute Gasteiger partial charge is 0.433 e. The van der Waals surface area contributed by atoms with Gasteiger partial charge in [-0.15, -0.1) is 0 Å². The van der Waals surface area contributed by atoms with Gasteiger partial charge in [-0.05, 0) is 38.1 Å². The van der Waals surface area contributed by atoms with Crippen LogP contribution in [0.2, 0.25) is 0 Å². The highest BCUT2D eigenvalue weighted by Crippen LogP contribution is 2.37. The fourth-order valence-corrected chi connectivity index (χ4v) is 3.10. The summed E-state index contributed by atoms with van der Waals surface area (Å²) >= 11 is 0. The second-order valence-electron chi connectivity index (χ2n) is 7.11. The number of imide groups is 1. The highest BCUT2D eigenvalue weighted by atomic mass is 31.0. The number of benzene rings is 1. The zero-order valence-corrected chi connectivity index (χ0v) is 19.3. The molecule has 2 aromatic heterocycles. The molecule has 178 valence electrons. The van der Waals surface area contributed by atoms with Crippen LogP contribution in [0, 0.1) is 5.41 Å². The Bertz CT molecular complexity index is 1360. The first-order valence-corrected chi connectivity index (χ1v) is 10.1. The summed E-state index contributed by atoms with van der Waals surface area (Å²) in [5.74, 6) is -2.04. The van der Waals surface area contributed by atoms with E-state index in [4.69, 9.17) is 20.3 Å². The Morgan fingerprint density at radius 1 is 1.18 bits per heavy atom. The molecule has 34 heavy (non-hydrogen) atoms. The molecule has 4 N–H and O–H groups in total. The molecule has 1 unspecified atom stereocenters. The molecule has 13 heteroatoms. The molecule has 3 rings (SSSR count). The third-order valence-electron chi connectivity index (χ3n) is 4.81. The van der Waals surface area contributed by atoms with E-state index in [1.54, 1.807) is 0 Å². The number of hydrogen-bond donors (Lipinski definition) is 3. The molecule has 0 radical (unpaired) electrons. The Balaban J connectivity index is 2.15. The summed E-state index contributed by atoms with van der Waals surface area (Å²) in [6.07, 6.45) is -4.67. The van der Waals surface area contributed by atoms with Gasteiger partial charge in [-0.2, -0.15) is 13.2 Å². The average Bonchev–Trinajstić information content (AvgIpc) is 3.22. The monoisotopic (exact) mass is 493 g/mol. The summed E-state index contributed by atoms with van der Waals surface area (Å²) in [5, 5.41) is 10.2. The molecule has 0 saturated carbocycles. The van der Waals surface area contributed by atoms with Crippen LogP contribution in [0.15, 0.2) is 40.0 Å². The van der Waals surface area contributed by atoms with Crippen molar-refractivity contribution in [3.63, 3.8) is 0 Å². The highest BCUT2D eigenvalue weighted by Gasteiger charge is 2.33. The maximum Gasteiger partial charge on any atom is 0.433 e. The summed E-state index contributed by atoms with van der Waals surface area (Å²) in [6.45, 7) is 2.92. The standard InChI is InChI=1S/C21H19F3N5O4P/c1-8(9(2)25)18(30)29-19(31)15-16(17(26)34)33-20(28-15)11-4-6-12(32-3)14-10(11)5-7-13(27-14)21(22,23)24/h4-7,26H,25,34H2,1-3H3,(H,29,30,31). The molecule has 9 nitrogen and oxygen atoms in total. The zero-order valence-electron chi connectivity index (χ0n) is 18.1. The Hall–Kier alpha value is -3.79. The third-order valence-corrected chi connectivity index (χ3v) is 5.07. The normalized spacial score (nSPS) is 12.3. The van der Waals surface area contributed by atoms with Gasteiger partial charge in [-0.1, -0.05) is 9.24 Å². The number of rotatable bonds is 5. The van der Waals surface area contributed by atoms with Gasteiger partial charge in [-0.3, -0.25) is 20.3 Å². The van der Waals surface area contributed by atoms with Crippen molar-refractivity contribution >= 4 is 37.4 Å². The number of carbonyl (C=O) groups is 2. The van der Waals surface area contributed by atoms with Gasteiger partial charge in [0.2, 0.25) is 5.89 Å². The van der Waals surface area contributed by atoms with E-state index in [2.05, 4.69) is 15.3 Å². The SMILES string of the molecule is COc1ccc(-c2nc(C(=O)NC(=O)C(C)=C(C)N)c(C(=N)P)o2)c2ccc(C(F)(F)F)nc12. The maximum absolute atomic E-state index is 13.2. The van der Waals surface area contributed by atoms with Gasteiger partial charge in [-0.25, -0.2) is 9.97 Å². The number of alkyl halides is 3. The Morgan fingerprint density at radius 3 is 2.41 bits per heavy atom. The van der Waals surface area contributed by atoms with Crippen molar-refractivity contribution in [2.75, 3.05) is 7.11 Å². The first-order chi connectivity index (χ1) is 15.8. The van der Waals surface area contributed by atoms with E-state index in [1.807, 2.05) is 9.24 Å². The summed E-state index contributed by atoms with van der Waals surface area (Å²) in [7, 11) is 3.33. The molecule has 0 aliphatic rings. The minimum absolute atomic E-state index is 0.0819. The van der Waals surface area contributed by atoms with Gasteiger partial charge >= 0.3 is 6.18 Å². The van der Waals surface area contributed by atoms with E-state index in [1.165, 1.54) is 39.2 Å². The van der Waals surface area contributed by atoms with Gasteiger partial charge in [0.15, 0.2) is 11.5 Å². The van der Waals surface area contributed by atoms with E-state index in [9.17, 15) is 22.8 Å². The molecule has 0 aliphatic carbocycles. The van der Waals surface area contributed by atoms with Crippen LogP contribution >= 0.6 is 9.24 Å². The number of allylic oxidation sites excluding steroid dienone is 1. The number of oxazole rings is 1. The van der Waals surface area contributed by atoms with Crippen molar-refractivity contribution in [3.05, 3.63) is 52.7 Å². The number of hydrogen-bond acceptors (Lipinski definition) is 8. The van der Waals surface area contributed by atoms with Crippen LogP contribution in [0.5, 0.6) is 5.75 Å². The van der Waals surface area contributed by atoms with Crippen molar-refractivity contribution in [2.45, 2.75) is 20.0 Å². The molecule has 0 fully saturated rings. The lowest BCUT2D eigenvalue weighted by Crippen LogP contribution is -2.33. The highest BCUT2D eigenvalue weighted by molar-refractivity contribution is 7.41. The predicted molar refractivity (Wildman–Crippen MR) is 120 cm³/mol. The number of nitrogens with two attached hydrogens (primary N) is 1. The number of pyridine rings is 1. The topological polar surface area (TPSA) is 144 Å². The number of amides is 2.